The van der Waals surface area contributed by atoms with Crippen LogP contribution in [0.25, 0.3) is 0 Å². The highest BCUT2D eigenvalue weighted by Crippen LogP contribution is 2.37. The third kappa shape index (κ3) is 3.67. The van der Waals surface area contributed by atoms with Crippen LogP contribution in [0.15, 0.2) is 47.4 Å². The normalized spacial score (nSPS) is 15.2. The highest BCUT2D eigenvalue weighted by Gasteiger charge is 2.24. The van der Waals surface area contributed by atoms with Crippen molar-refractivity contribution in [2.24, 2.45) is 5.92 Å². The molecule has 0 saturated heterocycles. The molecule has 1 aliphatic rings. The summed E-state index contributed by atoms with van der Waals surface area (Å²) in [5.41, 5.74) is 0.880. The molecular weight excluding hydrogens is 295 g/mol. The van der Waals surface area contributed by atoms with E-state index in [2.05, 4.69) is 5.32 Å². The highest BCUT2D eigenvalue weighted by molar-refractivity contribution is 5.71. The lowest BCUT2D eigenvalue weighted by molar-refractivity contribution is -0.105. The van der Waals surface area contributed by atoms with Crippen molar-refractivity contribution < 1.29 is 9.18 Å². The molecule has 2 aromatic rings. The van der Waals surface area contributed by atoms with Gasteiger partial charge in [0.2, 0.25) is 6.41 Å². The summed E-state index contributed by atoms with van der Waals surface area (Å²) in [5, 5.41) is 2.37. The molecule has 5 heteroatoms. The molecule has 0 aliphatic heterocycles. The summed E-state index contributed by atoms with van der Waals surface area (Å²) in [6, 6.07) is 9.53. The second-order valence-electron chi connectivity index (χ2n) is 5.98. The molecule has 0 spiro atoms. The van der Waals surface area contributed by atoms with E-state index in [1.54, 1.807) is 29.0 Å². The Balaban J connectivity index is 1.96. The predicted molar refractivity (Wildman–Crippen MR) is 86.9 cm³/mol. The fourth-order valence-corrected chi connectivity index (χ4v) is 2.89. The number of amides is 1. The van der Waals surface area contributed by atoms with Gasteiger partial charge in [0.25, 0.3) is 5.56 Å². The van der Waals surface area contributed by atoms with Gasteiger partial charge in [-0.25, -0.2) is 4.39 Å². The van der Waals surface area contributed by atoms with Crippen LogP contribution in [0.2, 0.25) is 0 Å². The second kappa shape index (κ2) is 6.77. The van der Waals surface area contributed by atoms with Gasteiger partial charge in [-0.2, -0.15) is 0 Å². The maximum atomic E-state index is 13.7. The molecule has 120 valence electrons. The van der Waals surface area contributed by atoms with Crippen molar-refractivity contribution in [3.8, 4) is 0 Å². The molecule has 0 radical (unpaired) electrons. The van der Waals surface area contributed by atoms with E-state index in [4.69, 9.17) is 0 Å². The third-order valence-electron chi connectivity index (χ3n) is 4.32. The van der Waals surface area contributed by atoms with E-state index in [0.29, 0.717) is 6.41 Å². The number of nitrogens with one attached hydrogen (secondary N) is 1. The number of nitrogens with zero attached hydrogens (tertiary/aromatic N) is 1. The molecule has 1 unspecified atom stereocenters. The van der Waals surface area contributed by atoms with Crippen molar-refractivity contribution >= 4 is 12.1 Å². The number of anilines is 1. The molecule has 1 aliphatic carbocycles. The fourth-order valence-electron chi connectivity index (χ4n) is 2.89. The Morgan fingerprint density at radius 2 is 2.13 bits per heavy atom. The van der Waals surface area contributed by atoms with Gasteiger partial charge in [-0.05, 0) is 42.5 Å². The first-order chi connectivity index (χ1) is 11.2. The van der Waals surface area contributed by atoms with Gasteiger partial charge in [0, 0.05) is 12.3 Å². The summed E-state index contributed by atoms with van der Waals surface area (Å²) in [6.45, 7) is 0. The number of hydrogen-bond acceptors (Lipinski definition) is 2. The summed E-state index contributed by atoms with van der Waals surface area (Å²) in [6.07, 6.45) is 6.57. The first-order valence-corrected chi connectivity index (χ1v) is 7.86. The first-order valence-electron chi connectivity index (χ1n) is 7.86. The Labute approximate surface area is 134 Å². The van der Waals surface area contributed by atoms with E-state index < -0.39 is 5.82 Å². The molecule has 3 rings (SSSR count). The number of hydrogen-bond donors (Lipinski definition) is 1. The van der Waals surface area contributed by atoms with Crippen molar-refractivity contribution in [2.75, 3.05) is 5.32 Å². The minimum atomic E-state index is -0.484. The molecule has 1 heterocycles. The number of aromatic nitrogens is 1. The standard InChI is InChI=1S/C18H19FN2O2/c19-15-8-7-14(11-16(15)20-12-22)17(9-6-13-4-5-13)21-10-2-1-3-18(21)23/h1-3,7-8,10-13,17H,4-6,9H2,(H,20,22). The van der Waals surface area contributed by atoms with Crippen LogP contribution in [-0.4, -0.2) is 11.0 Å². The minimum absolute atomic E-state index is 0.0810. The summed E-state index contributed by atoms with van der Waals surface area (Å²) >= 11 is 0. The zero-order valence-corrected chi connectivity index (χ0v) is 12.7. The van der Waals surface area contributed by atoms with Crippen LogP contribution < -0.4 is 10.9 Å². The van der Waals surface area contributed by atoms with Crippen molar-refractivity contribution in [3.63, 3.8) is 0 Å². The van der Waals surface area contributed by atoms with Gasteiger partial charge in [-0.15, -0.1) is 0 Å². The molecule has 23 heavy (non-hydrogen) atoms. The van der Waals surface area contributed by atoms with E-state index >= 15 is 0 Å². The number of rotatable bonds is 7. The van der Waals surface area contributed by atoms with Crippen LogP contribution in [0, 0.1) is 11.7 Å². The Hall–Kier alpha value is -2.43. The number of benzene rings is 1. The average Bonchev–Trinajstić information content (AvgIpc) is 3.36. The van der Waals surface area contributed by atoms with E-state index in [1.165, 1.54) is 25.0 Å². The van der Waals surface area contributed by atoms with Gasteiger partial charge in [0.05, 0.1) is 11.7 Å². The molecule has 1 saturated carbocycles. The smallest absolute Gasteiger partial charge is 0.251 e. The minimum Gasteiger partial charge on any atom is -0.326 e. The van der Waals surface area contributed by atoms with Gasteiger partial charge >= 0.3 is 0 Å². The van der Waals surface area contributed by atoms with Crippen molar-refractivity contribution in [2.45, 2.75) is 31.7 Å². The van der Waals surface area contributed by atoms with Crippen LogP contribution in [0.4, 0.5) is 10.1 Å². The van der Waals surface area contributed by atoms with Crippen LogP contribution in [0.1, 0.15) is 37.3 Å². The van der Waals surface area contributed by atoms with Gasteiger partial charge < -0.3 is 9.88 Å². The molecule has 1 atom stereocenters. The van der Waals surface area contributed by atoms with Crippen LogP contribution in [0.5, 0.6) is 0 Å². The molecular formula is C18H19FN2O2. The topological polar surface area (TPSA) is 51.1 Å². The Kier molecular flexibility index (Phi) is 4.55. The fraction of sp³-hybridized carbons (Fsp3) is 0.333. The maximum absolute atomic E-state index is 13.7. The van der Waals surface area contributed by atoms with Crippen LogP contribution >= 0.6 is 0 Å². The van der Waals surface area contributed by atoms with Crippen molar-refractivity contribution in [1.82, 2.24) is 4.57 Å². The summed E-state index contributed by atoms with van der Waals surface area (Å²) in [4.78, 5) is 22.8. The first kappa shape index (κ1) is 15.5. The zero-order chi connectivity index (χ0) is 16.2. The number of pyridine rings is 1. The molecule has 1 aromatic carbocycles. The summed E-state index contributed by atoms with van der Waals surface area (Å²) in [7, 11) is 0. The second-order valence-corrected chi connectivity index (χ2v) is 5.98. The average molecular weight is 314 g/mol. The molecule has 1 fully saturated rings. The lowest BCUT2D eigenvalue weighted by Crippen LogP contribution is -2.24. The molecule has 1 aromatic heterocycles. The lowest BCUT2D eigenvalue weighted by Gasteiger charge is -2.21. The lowest BCUT2D eigenvalue weighted by atomic mass is 9.99. The Morgan fingerprint density at radius 1 is 1.30 bits per heavy atom. The Morgan fingerprint density at radius 3 is 2.83 bits per heavy atom. The molecule has 1 N–H and O–H groups in total. The number of carbonyl (C=O) groups excluding carboxylic acids is 1. The highest BCUT2D eigenvalue weighted by atomic mass is 19.1. The van der Waals surface area contributed by atoms with Gasteiger partial charge in [-0.3, -0.25) is 9.59 Å². The monoisotopic (exact) mass is 314 g/mol. The van der Waals surface area contributed by atoms with E-state index in [1.807, 2.05) is 6.07 Å². The quantitative estimate of drug-likeness (QED) is 0.797. The van der Waals surface area contributed by atoms with E-state index in [9.17, 15) is 14.0 Å². The zero-order valence-electron chi connectivity index (χ0n) is 12.7. The SMILES string of the molecule is O=CNc1cc(C(CCC2CC2)n2ccccc2=O)ccc1F. The van der Waals surface area contributed by atoms with E-state index in [-0.39, 0.29) is 17.3 Å². The maximum Gasteiger partial charge on any atom is 0.251 e. The van der Waals surface area contributed by atoms with Gasteiger partial charge in [0.1, 0.15) is 5.82 Å². The summed E-state index contributed by atoms with van der Waals surface area (Å²) in [5.74, 6) is 0.257. The predicted octanol–water partition coefficient (Wildman–Crippen LogP) is 3.34. The van der Waals surface area contributed by atoms with E-state index in [0.717, 1.165) is 24.3 Å². The molecule has 4 nitrogen and oxygen atoms in total. The number of carbonyl (C=O) groups is 1. The largest absolute Gasteiger partial charge is 0.326 e. The van der Waals surface area contributed by atoms with Crippen LogP contribution in [-0.2, 0) is 4.79 Å². The Bertz CT molecular complexity index is 753. The van der Waals surface area contributed by atoms with Gasteiger partial charge in [0.15, 0.2) is 0 Å². The van der Waals surface area contributed by atoms with Gasteiger partial charge in [-0.1, -0.05) is 25.0 Å². The molecule has 0 bridgehead atoms. The molecule has 1 amide bonds. The van der Waals surface area contributed by atoms with Crippen LogP contribution in [0.3, 0.4) is 0 Å². The third-order valence-corrected chi connectivity index (χ3v) is 4.32. The number of halogens is 1. The van der Waals surface area contributed by atoms with Crippen molar-refractivity contribution in [3.05, 3.63) is 64.3 Å². The van der Waals surface area contributed by atoms with Crippen molar-refractivity contribution in [1.29, 1.82) is 0 Å². The summed E-state index contributed by atoms with van der Waals surface area (Å²) < 4.78 is 15.4.